The van der Waals surface area contributed by atoms with E-state index in [0.29, 0.717) is 0 Å². The van der Waals surface area contributed by atoms with E-state index in [1.807, 2.05) is 32.0 Å². The van der Waals surface area contributed by atoms with Crippen LogP contribution in [0, 0.1) is 5.92 Å². The molecular weight excluding hydrogens is 216 g/mol. The van der Waals surface area contributed by atoms with Crippen molar-refractivity contribution < 1.29 is 4.79 Å². The summed E-state index contributed by atoms with van der Waals surface area (Å²) in [7, 11) is 0. The number of rotatable bonds is 3. The number of hydrogen-bond donors (Lipinski definition) is 3. The minimum atomic E-state index is -0.503. The van der Waals surface area contributed by atoms with Gasteiger partial charge in [0, 0.05) is 5.39 Å². The number of fused-ring (bicyclic) bond motifs is 1. The smallest absolute Gasteiger partial charge is 0.241 e. The van der Waals surface area contributed by atoms with E-state index in [2.05, 4.69) is 15.5 Å². The normalized spacial score (nSPS) is 12.9. The van der Waals surface area contributed by atoms with Crippen LogP contribution in [0.1, 0.15) is 13.8 Å². The molecule has 2 rings (SSSR count). The van der Waals surface area contributed by atoms with E-state index in [1.165, 1.54) is 0 Å². The van der Waals surface area contributed by atoms with Gasteiger partial charge in [-0.05, 0) is 18.1 Å². The summed E-state index contributed by atoms with van der Waals surface area (Å²) in [5.41, 5.74) is 7.42. The van der Waals surface area contributed by atoms with Gasteiger partial charge in [-0.15, -0.1) is 0 Å². The Kier molecular flexibility index (Phi) is 3.10. The van der Waals surface area contributed by atoms with Crippen molar-refractivity contribution in [1.82, 2.24) is 10.2 Å². The number of carbonyl (C=O) groups excluding carboxylic acids is 1. The zero-order valence-electron chi connectivity index (χ0n) is 9.90. The highest BCUT2D eigenvalue weighted by Crippen LogP contribution is 2.21. The first-order valence-corrected chi connectivity index (χ1v) is 5.58. The molecule has 1 aromatic carbocycles. The fraction of sp³-hybridized carbons (Fsp3) is 0.333. The number of aromatic amines is 1. The van der Waals surface area contributed by atoms with Crippen LogP contribution < -0.4 is 11.1 Å². The molecule has 0 aliphatic heterocycles. The molecule has 0 saturated carbocycles. The number of H-pyrrole nitrogens is 1. The molecule has 1 heterocycles. The summed E-state index contributed by atoms with van der Waals surface area (Å²) in [6.45, 7) is 3.84. The van der Waals surface area contributed by atoms with Gasteiger partial charge in [-0.2, -0.15) is 5.10 Å². The van der Waals surface area contributed by atoms with E-state index < -0.39 is 6.04 Å². The number of hydrogen-bond acceptors (Lipinski definition) is 3. The summed E-state index contributed by atoms with van der Waals surface area (Å²) in [6.07, 6.45) is 1.69. The molecule has 1 amide bonds. The van der Waals surface area contributed by atoms with Gasteiger partial charge in [0.15, 0.2) is 0 Å². The number of aromatic nitrogens is 2. The molecule has 90 valence electrons. The second-order valence-electron chi connectivity index (χ2n) is 4.40. The number of nitrogens with zero attached hydrogens (tertiary/aromatic N) is 1. The molecule has 17 heavy (non-hydrogen) atoms. The van der Waals surface area contributed by atoms with Crippen molar-refractivity contribution >= 4 is 22.5 Å². The van der Waals surface area contributed by atoms with Crippen molar-refractivity contribution in [2.24, 2.45) is 11.7 Å². The van der Waals surface area contributed by atoms with E-state index in [-0.39, 0.29) is 11.8 Å². The second kappa shape index (κ2) is 4.55. The molecule has 0 unspecified atom stereocenters. The number of amides is 1. The predicted octanol–water partition coefficient (Wildman–Crippen LogP) is 1.48. The number of benzene rings is 1. The average Bonchev–Trinajstić information content (AvgIpc) is 2.76. The highest BCUT2D eigenvalue weighted by Gasteiger charge is 2.17. The zero-order chi connectivity index (χ0) is 12.4. The van der Waals surface area contributed by atoms with Gasteiger partial charge in [-0.3, -0.25) is 9.89 Å². The summed E-state index contributed by atoms with van der Waals surface area (Å²) < 4.78 is 0. The lowest BCUT2D eigenvalue weighted by Crippen LogP contribution is -2.39. The van der Waals surface area contributed by atoms with Crippen molar-refractivity contribution in [1.29, 1.82) is 0 Å². The molecule has 1 aromatic heterocycles. The Bertz CT molecular complexity index is 532. The summed E-state index contributed by atoms with van der Waals surface area (Å²) in [5, 5.41) is 10.5. The zero-order valence-corrected chi connectivity index (χ0v) is 9.90. The van der Waals surface area contributed by atoms with E-state index in [9.17, 15) is 4.79 Å². The van der Waals surface area contributed by atoms with Crippen molar-refractivity contribution in [3.05, 3.63) is 24.4 Å². The third-order valence-corrected chi connectivity index (χ3v) is 2.76. The lowest BCUT2D eigenvalue weighted by molar-refractivity contribution is -0.118. The van der Waals surface area contributed by atoms with Crippen molar-refractivity contribution in [3.8, 4) is 0 Å². The SMILES string of the molecule is CC(C)[C@@H](N)C(=O)Nc1cccc2[nH]ncc12. The third kappa shape index (κ3) is 2.29. The first kappa shape index (κ1) is 11.6. The van der Waals surface area contributed by atoms with Gasteiger partial charge >= 0.3 is 0 Å². The molecule has 0 spiro atoms. The quantitative estimate of drug-likeness (QED) is 0.749. The maximum absolute atomic E-state index is 11.9. The summed E-state index contributed by atoms with van der Waals surface area (Å²) in [5.74, 6) is -0.0627. The summed E-state index contributed by atoms with van der Waals surface area (Å²) in [4.78, 5) is 11.9. The lowest BCUT2D eigenvalue weighted by atomic mass is 10.0. The standard InChI is InChI=1S/C12H16N4O/c1-7(2)11(13)12(17)15-9-4-3-5-10-8(9)6-14-16-10/h3-7,11H,13H2,1-2H3,(H,14,16)(H,15,17)/t11-/m1/s1. The Hall–Kier alpha value is -1.88. The van der Waals surface area contributed by atoms with Gasteiger partial charge < -0.3 is 11.1 Å². The molecule has 0 aliphatic carbocycles. The summed E-state index contributed by atoms with van der Waals surface area (Å²) in [6, 6.07) is 5.09. The van der Waals surface area contributed by atoms with E-state index in [1.54, 1.807) is 6.20 Å². The van der Waals surface area contributed by atoms with Crippen molar-refractivity contribution in [2.75, 3.05) is 5.32 Å². The molecule has 4 N–H and O–H groups in total. The van der Waals surface area contributed by atoms with E-state index in [4.69, 9.17) is 5.73 Å². The highest BCUT2D eigenvalue weighted by molar-refractivity contribution is 6.02. The molecule has 2 aromatic rings. The van der Waals surface area contributed by atoms with Gasteiger partial charge in [-0.25, -0.2) is 0 Å². The molecule has 0 fully saturated rings. The van der Waals surface area contributed by atoms with Crippen LogP contribution in [0.3, 0.4) is 0 Å². The van der Waals surface area contributed by atoms with Gasteiger partial charge in [-0.1, -0.05) is 19.9 Å². The van der Waals surface area contributed by atoms with Gasteiger partial charge in [0.1, 0.15) is 0 Å². The van der Waals surface area contributed by atoms with Crippen LogP contribution in [-0.2, 0) is 4.79 Å². The van der Waals surface area contributed by atoms with Crippen LogP contribution in [0.25, 0.3) is 10.9 Å². The van der Waals surface area contributed by atoms with Crippen LogP contribution in [0.5, 0.6) is 0 Å². The first-order chi connectivity index (χ1) is 8.09. The average molecular weight is 232 g/mol. The van der Waals surface area contributed by atoms with Gasteiger partial charge in [0.25, 0.3) is 0 Å². The Morgan fingerprint density at radius 3 is 2.94 bits per heavy atom. The van der Waals surface area contributed by atoms with Crippen molar-refractivity contribution in [2.45, 2.75) is 19.9 Å². The monoisotopic (exact) mass is 232 g/mol. The van der Waals surface area contributed by atoms with E-state index in [0.717, 1.165) is 16.6 Å². The molecule has 5 heteroatoms. The number of carbonyl (C=O) groups is 1. The fourth-order valence-corrected chi connectivity index (χ4v) is 1.60. The number of nitrogens with one attached hydrogen (secondary N) is 2. The molecule has 0 radical (unpaired) electrons. The van der Waals surface area contributed by atoms with Crippen LogP contribution in [0.4, 0.5) is 5.69 Å². The number of anilines is 1. The highest BCUT2D eigenvalue weighted by atomic mass is 16.2. The first-order valence-electron chi connectivity index (χ1n) is 5.58. The largest absolute Gasteiger partial charge is 0.324 e. The molecule has 0 saturated heterocycles. The van der Waals surface area contributed by atoms with Crippen LogP contribution in [0.2, 0.25) is 0 Å². The molecule has 0 aliphatic rings. The maximum Gasteiger partial charge on any atom is 0.241 e. The summed E-state index contributed by atoms with van der Waals surface area (Å²) >= 11 is 0. The Morgan fingerprint density at radius 2 is 2.24 bits per heavy atom. The Balaban J connectivity index is 2.24. The predicted molar refractivity (Wildman–Crippen MR) is 67.5 cm³/mol. The Labute approximate surface area is 99.4 Å². The molecule has 5 nitrogen and oxygen atoms in total. The van der Waals surface area contributed by atoms with Crippen LogP contribution in [-0.4, -0.2) is 22.1 Å². The minimum Gasteiger partial charge on any atom is -0.324 e. The third-order valence-electron chi connectivity index (χ3n) is 2.76. The lowest BCUT2D eigenvalue weighted by Gasteiger charge is -2.15. The van der Waals surface area contributed by atoms with Crippen LogP contribution >= 0.6 is 0 Å². The Morgan fingerprint density at radius 1 is 1.47 bits per heavy atom. The topological polar surface area (TPSA) is 83.8 Å². The second-order valence-corrected chi connectivity index (χ2v) is 4.40. The van der Waals surface area contributed by atoms with Gasteiger partial charge in [0.2, 0.25) is 5.91 Å². The van der Waals surface area contributed by atoms with E-state index >= 15 is 0 Å². The molecule has 1 atom stereocenters. The number of nitrogens with two attached hydrogens (primary N) is 1. The molecule has 0 bridgehead atoms. The minimum absolute atomic E-state index is 0.110. The van der Waals surface area contributed by atoms with Gasteiger partial charge in [0.05, 0.1) is 23.4 Å². The fourth-order valence-electron chi connectivity index (χ4n) is 1.60. The van der Waals surface area contributed by atoms with Crippen LogP contribution in [0.15, 0.2) is 24.4 Å². The molecular formula is C12H16N4O. The maximum atomic E-state index is 11.9. The van der Waals surface area contributed by atoms with Crippen molar-refractivity contribution in [3.63, 3.8) is 0 Å².